The molecule has 0 spiro atoms. The zero-order chi connectivity index (χ0) is 17.2. The summed E-state index contributed by atoms with van der Waals surface area (Å²) in [6.45, 7) is 5.85. The van der Waals surface area contributed by atoms with Crippen LogP contribution in [0.4, 0.5) is 11.4 Å². The van der Waals surface area contributed by atoms with E-state index < -0.39 is 5.97 Å². The Morgan fingerprint density at radius 1 is 1.00 bits per heavy atom. The van der Waals surface area contributed by atoms with Crippen molar-refractivity contribution < 1.29 is 19.1 Å². The number of rotatable bonds is 9. The summed E-state index contributed by atoms with van der Waals surface area (Å²) in [5, 5.41) is 0. The van der Waals surface area contributed by atoms with Crippen LogP contribution in [0.2, 0.25) is 0 Å². The molecule has 1 rings (SSSR count). The van der Waals surface area contributed by atoms with Crippen LogP contribution in [-0.4, -0.2) is 25.2 Å². The number of carbonyl (C=O) groups excluding carboxylic acids is 2. The van der Waals surface area contributed by atoms with Crippen molar-refractivity contribution in [1.82, 2.24) is 0 Å². The van der Waals surface area contributed by atoms with E-state index in [1.54, 1.807) is 19.1 Å². The number of hydrogen-bond donors (Lipinski definition) is 2. The number of anilines is 2. The van der Waals surface area contributed by atoms with Gasteiger partial charge in [-0.15, -0.1) is 0 Å². The summed E-state index contributed by atoms with van der Waals surface area (Å²) in [5.41, 5.74) is 12.8. The lowest BCUT2D eigenvalue weighted by molar-refractivity contribution is -0.139. The van der Waals surface area contributed by atoms with Crippen molar-refractivity contribution in [1.29, 1.82) is 0 Å². The van der Waals surface area contributed by atoms with Crippen LogP contribution in [0.25, 0.3) is 0 Å². The zero-order valence-electron chi connectivity index (χ0n) is 13.5. The molecule has 0 saturated carbocycles. The fourth-order valence-electron chi connectivity index (χ4n) is 1.80. The fourth-order valence-corrected chi connectivity index (χ4v) is 1.80. The van der Waals surface area contributed by atoms with E-state index in [-0.39, 0.29) is 5.97 Å². The molecule has 0 atom stereocenters. The van der Waals surface area contributed by atoms with Crippen molar-refractivity contribution >= 4 is 23.3 Å². The molecule has 6 nitrogen and oxygen atoms in total. The van der Waals surface area contributed by atoms with Crippen molar-refractivity contribution in [2.45, 2.75) is 32.6 Å². The monoisotopic (exact) mass is 320 g/mol. The van der Waals surface area contributed by atoms with Crippen LogP contribution in [0.15, 0.2) is 30.4 Å². The van der Waals surface area contributed by atoms with Crippen molar-refractivity contribution in [3.63, 3.8) is 0 Å². The number of nitrogen functional groups attached to an aromatic ring is 2. The Hall–Kier alpha value is -2.50. The van der Waals surface area contributed by atoms with Crippen molar-refractivity contribution in [3.05, 3.63) is 35.9 Å². The molecular formula is C17H24N2O4. The molecule has 1 aromatic rings. The molecule has 0 aliphatic carbocycles. The lowest BCUT2D eigenvalue weighted by Gasteiger charge is -2.07. The molecule has 0 radical (unpaired) electrons. The second-order valence-corrected chi connectivity index (χ2v) is 5.31. The van der Waals surface area contributed by atoms with E-state index in [4.69, 9.17) is 20.9 Å². The quantitative estimate of drug-likeness (QED) is 0.314. The Labute approximate surface area is 136 Å². The molecule has 0 heterocycles. The van der Waals surface area contributed by atoms with E-state index in [0.29, 0.717) is 35.7 Å². The molecule has 1 aromatic carbocycles. The Morgan fingerprint density at radius 2 is 1.61 bits per heavy atom. The van der Waals surface area contributed by atoms with Crippen LogP contribution < -0.4 is 11.5 Å². The molecule has 6 heteroatoms. The molecule has 0 saturated heterocycles. The second-order valence-electron chi connectivity index (χ2n) is 5.31. The van der Waals surface area contributed by atoms with Gasteiger partial charge >= 0.3 is 11.9 Å². The minimum atomic E-state index is -0.410. The zero-order valence-corrected chi connectivity index (χ0v) is 13.5. The van der Waals surface area contributed by atoms with Gasteiger partial charge in [-0.1, -0.05) is 6.58 Å². The summed E-state index contributed by atoms with van der Waals surface area (Å²) in [4.78, 5) is 22.9. The van der Waals surface area contributed by atoms with Crippen LogP contribution in [0.5, 0.6) is 0 Å². The van der Waals surface area contributed by atoms with Crippen LogP contribution >= 0.6 is 0 Å². The number of unbranched alkanes of at least 4 members (excludes halogenated alkanes) is 3. The third kappa shape index (κ3) is 6.86. The first-order chi connectivity index (χ1) is 10.9. The summed E-state index contributed by atoms with van der Waals surface area (Å²) < 4.78 is 10.1. The van der Waals surface area contributed by atoms with Crippen molar-refractivity contribution in [3.8, 4) is 0 Å². The smallest absolute Gasteiger partial charge is 0.338 e. The van der Waals surface area contributed by atoms with Gasteiger partial charge in [-0.2, -0.15) is 0 Å². The van der Waals surface area contributed by atoms with E-state index >= 15 is 0 Å². The summed E-state index contributed by atoms with van der Waals surface area (Å²) >= 11 is 0. The van der Waals surface area contributed by atoms with Crippen molar-refractivity contribution in [2.75, 3.05) is 24.7 Å². The highest BCUT2D eigenvalue weighted by atomic mass is 16.5. The average molecular weight is 320 g/mol. The van der Waals surface area contributed by atoms with Gasteiger partial charge in [-0.3, -0.25) is 0 Å². The topological polar surface area (TPSA) is 105 Å². The van der Waals surface area contributed by atoms with Crippen molar-refractivity contribution in [2.24, 2.45) is 0 Å². The largest absolute Gasteiger partial charge is 0.462 e. The van der Waals surface area contributed by atoms with E-state index in [1.165, 1.54) is 6.07 Å². The molecule has 0 amide bonds. The van der Waals surface area contributed by atoms with Crippen LogP contribution in [-0.2, 0) is 14.3 Å². The summed E-state index contributed by atoms with van der Waals surface area (Å²) in [6.07, 6.45) is 3.32. The van der Waals surface area contributed by atoms with E-state index in [9.17, 15) is 9.59 Å². The van der Waals surface area contributed by atoms with Gasteiger partial charge in [0.15, 0.2) is 0 Å². The molecule has 4 N–H and O–H groups in total. The Morgan fingerprint density at radius 3 is 2.17 bits per heavy atom. The number of nitrogens with two attached hydrogens (primary N) is 2. The SMILES string of the molecule is C=C(C)C(=O)OCCCCCCOC(=O)c1ccc(N)c(N)c1. The Bertz CT molecular complexity index is 570. The third-order valence-electron chi connectivity index (χ3n) is 3.18. The van der Waals surface area contributed by atoms with Gasteiger partial charge in [0, 0.05) is 5.57 Å². The molecule has 126 valence electrons. The standard InChI is InChI=1S/C17H24N2O4/c1-12(2)16(20)22-9-5-3-4-6-10-23-17(21)13-7-8-14(18)15(19)11-13/h7-8,11H,1,3-6,9-10,18-19H2,2H3. The molecule has 0 unspecified atom stereocenters. The maximum atomic E-state index is 11.8. The average Bonchev–Trinajstić information content (AvgIpc) is 2.51. The number of benzene rings is 1. The van der Waals surface area contributed by atoms with Gasteiger partial charge in [0.25, 0.3) is 0 Å². The van der Waals surface area contributed by atoms with Crippen LogP contribution in [0.1, 0.15) is 43.0 Å². The lowest BCUT2D eigenvalue weighted by Crippen LogP contribution is -2.08. The number of ether oxygens (including phenoxy) is 2. The third-order valence-corrected chi connectivity index (χ3v) is 3.18. The Balaban J connectivity index is 2.10. The van der Waals surface area contributed by atoms with E-state index in [2.05, 4.69) is 6.58 Å². The van der Waals surface area contributed by atoms with Gasteiger partial charge < -0.3 is 20.9 Å². The highest BCUT2D eigenvalue weighted by molar-refractivity contribution is 5.91. The highest BCUT2D eigenvalue weighted by Crippen LogP contribution is 2.16. The van der Waals surface area contributed by atoms with Gasteiger partial charge in [-0.05, 0) is 50.8 Å². The fraction of sp³-hybridized carbons (Fsp3) is 0.412. The van der Waals surface area contributed by atoms with Crippen LogP contribution in [0, 0.1) is 0 Å². The maximum absolute atomic E-state index is 11.8. The molecule has 0 aliphatic heterocycles. The first-order valence-corrected chi connectivity index (χ1v) is 7.56. The minimum absolute atomic E-state index is 0.342. The van der Waals surface area contributed by atoms with Gasteiger partial charge in [0.1, 0.15) is 0 Å². The summed E-state index contributed by atoms with van der Waals surface area (Å²) in [7, 11) is 0. The molecular weight excluding hydrogens is 296 g/mol. The first-order valence-electron chi connectivity index (χ1n) is 7.56. The normalized spacial score (nSPS) is 10.1. The van der Waals surface area contributed by atoms with Gasteiger partial charge in [0.05, 0.1) is 30.2 Å². The second kappa shape index (κ2) is 9.50. The maximum Gasteiger partial charge on any atom is 0.338 e. The summed E-state index contributed by atoms with van der Waals surface area (Å²) in [6, 6.07) is 4.68. The summed E-state index contributed by atoms with van der Waals surface area (Å²) in [5.74, 6) is -0.770. The minimum Gasteiger partial charge on any atom is -0.462 e. The predicted molar refractivity (Wildman–Crippen MR) is 89.8 cm³/mol. The molecule has 0 bridgehead atoms. The molecule has 0 aliphatic rings. The van der Waals surface area contributed by atoms with Crippen LogP contribution in [0.3, 0.4) is 0 Å². The highest BCUT2D eigenvalue weighted by Gasteiger charge is 2.08. The van der Waals surface area contributed by atoms with Gasteiger partial charge in [0.2, 0.25) is 0 Å². The molecule has 23 heavy (non-hydrogen) atoms. The van der Waals surface area contributed by atoms with Gasteiger partial charge in [-0.25, -0.2) is 9.59 Å². The number of carbonyl (C=O) groups is 2. The van der Waals surface area contributed by atoms with E-state index in [0.717, 1.165) is 25.7 Å². The predicted octanol–water partition coefficient (Wildman–Crippen LogP) is 2.69. The number of hydrogen-bond acceptors (Lipinski definition) is 6. The van der Waals surface area contributed by atoms with E-state index in [1.807, 2.05) is 0 Å². The lowest BCUT2D eigenvalue weighted by atomic mass is 10.2. The first kappa shape index (κ1) is 18.5. The molecule has 0 fully saturated rings. The Kier molecular flexibility index (Phi) is 7.66. The number of esters is 2. The molecule has 0 aromatic heterocycles.